The molecule has 0 fully saturated rings. The fourth-order valence-corrected chi connectivity index (χ4v) is 1.92. The largest absolute Gasteiger partial charge is 0.308 e. The lowest BCUT2D eigenvalue weighted by Crippen LogP contribution is -2.34. The highest BCUT2D eigenvalue weighted by Gasteiger charge is 2.13. The van der Waals surface area contributed by atoms with E-state index >= 15 is 0 Å². The Morgan fingerprint density at radius 3 is 2.73 bits per heavy atom. The van der Waals surface area contributed by atoms with E-state index in [1.54, 1.807) is 14.0 Å². The smallest absolute Gasteiger partial charge is 0.263 e. The van der Waals surface area contributed by atoms with Crippen molar-refractivity contribution in [3.63, 3.8) is 0 Å². The van der Waals surface area contributed by atoms with E-state index in [9.17, 15) is 9.18 Å². The number of nitrogens with one attached hydrogen (secondary N) is 1. The van der Waals surface area contributed by atoms with E-state index in [1.807, 2.05) is 0 Å². The minimum atomic E-state index is -0.368. The molecule has 0 bridgehead atoms. The fourth-order valence-electron chi connectivity index (χ4n) is 1.58. The second-order valence-electron chi connectivity index (χ2n) is 3.41. The lowest BCUT2D eigenvalue weighted by Gasteiger charge is -2.00. The van der Waals surface area contributed by atoms with Crippen molar-refractivity contribution in [2.45, 2.75) is 6.92 Å². The van der Waals surface area contributed by atoms with E-state index < -0.39 is 0 Å². The van der Waals surface area contributed by atoms with Crippen LogP contribution in [0.15, 0.2) is 21.4 Å². The summed E-state index contributed by atoms with van der Waals surface area (Å²) in [5, 5.41) is 3.96. The normalized spacial score (nSPS) is 10.9. The third-order valence-electron chi connectivity index (χ3n) is 2.33. The molecule has 3 nitrogen and oxygen atoms in total. The van der Waals surface area contributed by atoms with Gasteiger partial charge in [0.05, 0.1) is 22.3 Å². The Balaban J connectivity index is 3.04. The van der Waals surface area contributed by atoms with Gasteiger partial charge in [-0.2, -0.15) is 0 Å². The van der Waals surface area contributed by atoms with Crippen LogP contribution in [0.3, 0.4) is 0 Å². The molecule has 0 saturated carbocycles. The minimum absolute atomic E-state index is 0.170. The first-order chi connectivity index (χ1) is 7.00. The summed E-state index contributed by atoms with van der Waals surface area (Å²) in [6.45, 7) is 1.80. The molecule has 1 N–H and O–H groups in total. The van der Waals surface area contributed by atoms with Crippen molar-refractivity contribution in [3.8, 4) is 0 Å². The number of H-pyrrole nitrogens is 1. The lowest BCUT2D eigenvalue weighted by atomic mass is 10.1. The molecule has 0 radical (unpaired) electrons. The predicted octanol–water partition coefficient (Wildman–Crippen LogP) is 1.56. The summed E-state index contributed by atoms with van der Waals surface area (Å²) in [7, 11) is 1.63. The lowest BCUT2D eigenvalue weighted by molar-refractivity contribution is -0.499. The van der Waals surface area contributed by atoms with Gasteiger partial charge in [-0.3, -0.25) is 4.79 Å². The highest BCUT2D eigenvalue weighted by molar-refractivity contribution is 9.10. The van der Waals surface area contributed by atoms with Gasteiger partial charge in [0.15, 0.2) is 0 Å². The number of hydrogen-bond acceptors (Lipinski definition) is 1. The van der Waals surface area contributed by atoms with Crippen LogP contribution in [0, 0.1) is 12.7 Å². The Bertz CT molecular complexity index is 606. The number of fused-ring (bicyclic) bond motifs is 1. The van der Waals surface area contributed by atoms with E-state index in [1.165, 1.54) is 16.8 Å². The second-order valence-corrected chi connectivity index (χ2v) is 4.27. The standard InChI is InChI=1S/C10H8BrFN2O/c1-5-6-4-9(12)8(11)3-7(6)10(15)14(2)13-5/h3-4H,1-2H3/p+1. The van der Waals surface area contributed by atoms with Crippen molar-refractivity contribution < 1.29 is 9.49 Å². The Morgan fingerprint density at radius 1 is 1.40 bits per heavy atom. The van der Waals surface area contributed by atoms with Crippen molar-refractivity contribution in [3.05, 3.63) is 38.5 Å². The van der Waals surface area contributed by atoms with Gasteiger partial charge >= 0.3 is 5.56 Å². The third kappa shape index (κ3) is 1.56. The molecule has 2 aromatic rings. The Hall–Kier alpha value is -1.23. The average molecular weight is 272 g/mol. The molecule has 0 aliphatic rings. The van der Waals surface area contributed by atoms with Crippen molar-refractivity contribution in [2.75, 3.05) is 0 Å². The molecule has 0 saturated heterocycles. The number of rotatable bonds is 0. The van der Waals surface area contributed by atoms with Crippen LogP contribution in [0.1, 0.15) is 5.69 Å². The van der Waals surface area contributed by atoms with Gasteiger partial charge in [-0.05, 0) is 28.1 Å². The van der Waals surface area contributed by atoms with Crippen LogP contribution < -0.4 is 10.7 Å². The number of aryl methyl sites for hydroxylation is 2. The van der Waals surface area contributed by atoms with Crippen LogP contribution >= 0.6 is 15.9 Å². The summed E-state index contributed by atoms with van der Waals surface area (Å²) >= 11 is 3.07. The molecule has 0 atom stereocenters. The van der Waals surface area contributed by atoms with Crippen LogP contribution in [0.4, 0.5) is 4.39 Å². The fraction of sp³-hybridized carbons (Fsp3) is 0.200. The maximum Gasteiger partial charge on any atom is 0.308 e. The Morgan fingerprint density at radius 2 is 2.07 bits per heavy atom. The van der Waals surface area contributed by atoms with Gasteiger partial charge in [-0.25, -0.2) is 4.39 Å². The zero-order valence-electron chi connectivity index (χ0n) is 8.27. The van der Waals surface area contributed by atoms with Gasteiger partial charge in [0, 0.05) is 6.92 Å². The van der Waals surface area contributed by atoms with E-state index in [2.05, 4.69) is 21.0 Å². The zero-order valence-corrected chi connectivity index (χ0v) is 9.85. The highest BCUT2D eigenvalue weighted by atomic mass is 79.9. The number of halogens is 2. The first-order valence-electron chi connectivity index (χ1n) is 4.38. The SMILES string of the molecule is Cc1[nH+]n(C)c(=O)c2cc(Br)c(F)cc12. The summed E-state index contributed by atoms with van der Waals surface area (Å²) in [5.74, 6) is -0.368. The molecular formula is C10H9BrFN2O+. The molecule has 78 valence electrons. The summed E-state index contributed by atoms with van der Waals surface area (Å²) in [6.07, 6.45) is 0. The number of hydrogen-bond donors (Lipinski definition) is 0. The van der Waals surface area contributed by atoms with Crippen LogP contribution in [0.25, 0.3) is 10.8 Å². The van der Waals surface area contributed by atoms with Crippen molar-refractivity contribution in [1.29, 1.82) is 0 Å². The average Bonchev–Trinajstić information content (AvgIpc) is 2.18. The number of nitrogens with zero attached hydrogens (tertiary/aromatic N) is 1. The quantitative estimate of drug-likeness (QED) is 0.717. The first-order valence-corrected chi connectivity index (χ1v) is 5.17. The van der Waals surface area contributed by atoms with E-state index in [4.69, 9.17) is 0 Å². The molecule has 1 aromatic heterocycles. The Kier molecular flexibility index (Phi) is 2.34. The van der Waals surface area contributed by atoms with Crippen LogP contribution in [-0.2, 0) is 7.05 Å². The molecule has 1 heterocycles. The van der Waals surface area contributed by atoms with Gasteiger partial charge in [0.2, 0.25) is 5.69 Å². The molecule has 0 spiro atoms. The van der Waals surface area contributed by atoms with Gasteiger partial charge in [0.25, 0.3) is 0 Å². The number of aromatic nitrogens is 2. The molecule has 0 unspecified atom stereocenters. The zero-order chi connectivity index (χ0) is 11.2. The molecule has 0 amide bonds. The van der Waals surface area contributed by atoms with Crippen LogP contribution in [0.2, 0.25) is 0 Å². The Labute approximate surface area is 93.7 Å². The monoisotopic (exact) mass is 271 g/mol. The summed E-state index contributed by atoms with van der Waals surface area (Å²) in [5.41, 5.74) is 0.592. The summed E-state index contributed by atoms with van der Waals surface area (Å²) < 4.78 is 15.0. The minimum Gasteiger partial charge on any atom is -0.263 e. The summed E-state index contributed by atoms with van der Waals surface area (Å²) in [4.78, 5) is 11.7. The molecule has 0 aliphatic carbocycles. The molecule has 0 aliphatic heterocycles. The van der Waals surface area contributed by atoms with Crippen LogP contribution in [0.5, 0.6) is 0 Å². The molecule has 1 aromatic carbocycles. The van der Waals surface area contributed by atoms with Gasteiger partial charge in [-0.1, -0.05) is 0 Å². The van der Waals surface area contributed by atoms with Crippen molar-refractivity contribution >= 4 is 26.7 Å². The molecular weight excluding hydrogens is 263 g/mol. The molecule has 2 rings (SSSR count). The predicted molar refractivity (Wildman–Crippen MR) is 58.1 cm³/mol. The number of benzene rings is 1. The van der Waals surface area contributed by atoms with E-state index in [0.717, 1.165) is 5.69 Å². The van der Waals surface area contributed by atoms with Crippen molar-refractivity contribution in [1.82, 2.24) is 4.68 Å². The van der Waals surface area contributed by atoms with Gasteiger partial charge in [0.1, 0.15) is 5.82 Å². The third-order valence-corrected chi connectivity index (χ3v) is 2.94. The van der Waals surface area contributed by atoms with Crippen molar-refractivity contribution in [2.24, 2.45) is 7.05 Å². The molecule has 15 heavy (non-hydrogen) atoms. The number of aromatic amines is 1. The van der Waals surface area contributed by atoms with E-state index in [0.29, 0.717) is 15.2 Å². The van der Waals surface area contributed by atoms with Crippen LogP contribution in [-0.4, -0.2) is 4.68 Å². The highest BCUT2D eigenvalue weighted by Crippen LogP contribution is 2.21. The van der Waals surface area contributed by atoms with Gasteiger partial charge in [-0.15, -0.1) is 9.78 Å². The first kappa shape index (κ1) is 10.3. The second kappa shape index (κ2) is 3.41. The maximum absolute atomic E-state index is 13.3. The summed E-state index contributed by atoms with van der Waals surface area (Å²) in [6, 6.07) is 2.86. The molecule has 5 heteroatoms. The van der Waals surface area contributed by atoms with E-state index in [-0.39, 0.29) is 11.4 Å². The topological polar surface area (TPSA) is 36.1 Å². The van der Waals surface area contributed by atoms with Gasteiger partial charge < -0.3 is 0 Å². The maximum atomic E-state index is 13.3.